The molecule has 2 unspecified atom stereocenters. The first-order chi connectivity index (χ1) is 12.4. The van der Waals surface area contributed by atoms with E-state index < -0.39 is 47.1 Å². The first kappa shape index (κ1) is 20.1. The molecule has 2 fully saturated rings. The topological polar surface area (TPSA) is 65.0 Å². The van der Waals surface area contributed by atoms with Gasteiger partial charge >= 0.3 is 13.1 Å². The van der Waals surface area contributed by atoms with Crippen LogP contribution in [0, 0.1) is 23.0 Å². The van der Waals surface area contributed by atoms with Crippen molar-refractivity contribution in [1.29, 1.82) is 0 Å². The van der Waals surface area contributed by atoms with Gasteiger partial charge in [-0.15, -0.1) is 0 Å². The number of hydrogen-bond acceptors (Lipinski definition) is 4. The number of aliphatic carboxylic acids is 1. The first-order valence-electron chi connectivity index (χ1n) is 9.14. The van der Waals surface area contributed by atoms with Crippen molar-refractivity contribution in [3.05, 3.63) is 23.8 Å². The van der Waals surface area contributed by atoms with Crippen LogP contribution in [0.2, 0.25) is 0 Å². The SMILES string of the molecule is CCC1(C(=O)O)CC1COc1c(F)cc(B2OC(C)(C)C(C)(C)O2)cc1F. The molecule has 1 saturated carbocycles. The zero-order valence-corrected chi connectivity index (χ0v) is 16.3. The van der Waals surface area contributed by atoms with Crippen LogP contribution in [0.4, 0.5) is 8.78 Å². The van der Waals surface area contributed by atoms with Crippen LogP contribution in [-0.2, 0) is 14.1 Å². The van der Waals surface area contributed by atoms with E-state index >= 15 is 0 Å². The van der Waals surface area contributed by atoms with Gasteiger partial charge in [0.15, 0.2) is 17.4 Å². The highest BCUT2D eigenvalue weighted by atomic mass is 19.1. The molecule has 1 N–H and O–H groups in total. The van der Waals surface area contributed by atoms with Crippen LogP contribution >= 0.6 is 0 Å². The number of hydrogen-bond donors (Lipinski definition) is 1. The second-order valence-corrected chi connectivity index (χ2v) is 8.43. The van der Waals surface area contributed by atoms with Crippen LogP contribution < -0.4 is 10.2 Å². The lowest BCUT2D eigenvalue weighted by Gasteiger charge is -2.32. The summed E-state index contributed by atoms with van der Waals surface area (Å²) in [7, 11) is -0.878. The normalized spacial score (nSPS) is 28.3. The third-order valence-corrected chi connectivity index (χ3v) is 6.26. The van der Waals surface area contributed by atoms with Gasteiger partial charge in [-0.2, -0.15) is 0 Å². The third kappa shape index (κ3) is 3.33. The van der Waals surface area contributed by atoms with Crippen molar-refractivity contribution in [2.45, 2.75) is 58.7 Å². The Bertz CT molecular complexity index is 727. The minimum Gasteiger partial charge on any atom is -0.487 e. The lowest BCUT2D eigenvalue weighted by atomic mass is 9.79. The molecule has 0 amide bonds. The Kier molecular flexibility index (Phi) is 4.79. The molecule has 1 saturated heterocycles. The van der Waals surface area contributed by atoms with E-state index in [1.165, 1.54) is 0 Å². The molecule has 1 aliphatic carbocycles. The second kappa shape index (κ2) is 6.45. The Morgan fingerprint density at radius 1 is 1.22 bits per heavy atom. The van der Waals surface area contributed by atoms with E-state index in [1.54, 1.807) is 6.92 Å². The highest BCUT2D eigenvalue weighted by molar-refractivity contribution is 6.62. The molecule has 0 radical (unpaired) electrons. The van der Waals surface area contributed by atoms with Crippen LogP contribution in [0.1, 0.15) is 47.5 Å². The molecule has 8 heteroatoms. The Labute approximate surface area is 158 Å². The molecule has 5 nitrogen and oxygen atoms in total. The molecule has 3 rings (SSSR count). The van der Waals surface area contributed by atoms with Crippen molar-refractivity contribution in [1.82, 2.24) is 0 Å². The number of carboxylic acid groups (broad SMARTS) is 1. The van der Waals surface area contributed by atoms with Gasteiger partial charge in [0.1, 0.15) is 0 Å². The van der Waals surface area contributed by atoms with Gasteiger partial charge in [0.25, 0.3) is 0 Å². The number of carbonyl (C=O) groups is 1. The molecule has 1 aliphatic heterocycles. The number of halogens is 2. The van der Waals surface area contributed by atoms with Crippen molar-refractivity contribution < 1.29 is 32.7 Å². The van der Waals surface area contributed by atoms with E-state index in [1.807, 2.05) is 27.7 Å². The minimum atomic E-state index is -0.893. The van der Waals surface area contributed by atoms with Crippen LogP contribution in [0.3, 0.4) is 0 Å². The molecular weight excluding hydrogens is 357 g/mol. The van der Waals surface area contributed by atoms with Crippen molar-refractivity contribution in [3.8, 4) is 5.75 Å². The van der Waals surface area contributed by atoms with Crippen LogP contribution in [0.25, 0.3) is 0 Å². The van der Waals surface area contributed by atoms with Gasteiger partial charge in [0.2, 0.25) is 0 Å². The van der Waals surface area contributed by atoms with Gasteiger partial charge in [0.05, 0.1) is 23.2 Å². The largest absolute Gasteiger partial charge is 0.495 e. The highest BCUT2D eigenvalue weighted by Crippen LogP contribution is 2.55. The zero-order chi connectivity index (χ0) is 20.2. The fraction of sp³-hybridized carbons (Fsp3) is 0.632. The molecule has 1 heterocycles. The van der Waals surface area contributed by atoms with E-state index in [2.05, 4.69) is 0 Å². The minimum absolute atomic E-state index is 0.0379. The molecule has 2 atom stereocenters. The Hall–Kier alpha value is -1.67. The van der Waals surface area contributed by atoms with Gasteiger partial charge in [-0.1, -0.05) is 6.92 Å². The first-order valence-corrected chi connectivity index (χ1v) is 9.14. The summed E-state index contributed by atoms with van der Waals surface area (Å²) in [4.78, 5) is 11.3. The monoisotopic (exact) mass is 382 g/mol. The zero-order valence-electron chi connectivity index (χ0n) is 16.3. The maximum absolute atomic E-state index is 14.5. The Balaban J connectivity index is 1.72. The smallest absolute Gasteiger partial charge is 0.487 e. The molecule has 0 spiro atoms. The molecule has 1 aromatic carbocycles. The second-order valence-electron chi connectivity index (χ2n) is 8.43. The predicted octanol–water partition coefficient (Wildman–Crippen LogP) is 3.14. The molecule has 148 valence electrons. The summed E-state index contributed by atoms with van der Waals surface area (Å²) >= 11 is 0. The van der Waals surface area contributed by atoms with E-state index in [0.717, 1.165) is 12.1 Å². The standard InChI is InChI=1S/C19H25BF2O5/c1-6-19(16(23)24)9-11(19)10-25-15-13(21)7-12(8-14(15)22)20-26-17(2,3)18(4,5)27-20/h7-8,11H,6,9-10H2,1-5H3,(H,23,24). The van der Waals surface area contributed by atoms with Gasteiger partial charge in [-0.3, -0.25) is 4.79 Å². The maximum Gasteiger partial charge on any atom is 0.495 e. The van der Waals surface area contributed by atoms with Crippen LogP contribution in [0.5, 0.6) is 5.75 Å². The summed E-state index contributed by atoms with van der Waals surface area (Å²) in [5.41, 5.74) is -1.84. The van der Waals surface area contributed by atoms with Gasteiger partial charge in [0, 0.05) is 5.92 Å². The summed E-state index contributed by atoms with van der Waals surface area (Å²) in [5.74, 6) is -3.37. The molecule has 0 bridgehead atoms. The molecular formula is C19H25BF2O5. The molecule has 0 aromatic heterocycles. The average molecular weight is 382 g/mol. The van der Waals surface area contributed by atoms with E-state index in [-0.39, 0.29) is 18.0 Å². The molecule has 27 heavy (non-hydrogen) atoms. The van der Waals surface area contributed by atoms with E-state index in [0.29, 0.717) is 12.8 Å². The lowest BCUT2D eigenvalue weighted by molar-refractivity contribution is -0.144. The Morgan fingerprint density at radius 2 is 1.74 bits per heavy atom. The fourth-order valence-electron chi connectivity index (χ4n) is 3.46. The Morgan fingerprint density at radius 3 is 2.15 bits per heavy atom. The van der Waals surface area contributed by atoms with Gasteiger partial charge in [-0.05, 0) is 58.1 Å². The molecule has 1 aromatic rings. The summed E-state index contributed by atoms with van der Waals surface area (Å²) < 4.78 is 45.9. The van der Waals surface area contributed by atoms with E-state index in [4.69, 9.17) is 14.0 Å². The average Bonchev–Trinajstić information content (AvgIpc) is 3.22. The lowest BCUT2D eigenvalue weighted by Crippen LogP contribution is -2.41. The van der Waals surface area contributed by atoms with Crippen LogP contribution in [-0.4, -0.2) is 36.0 Å². The van der Waals surface area contributed by atoms with Gasteiger partial charge < -0.3 is 19.2 Å². The summed E-state index contributed by atoms with van der Waals surface area (Å²) in [6.45, 7) is 9.17. The molecule has 2 aliphatic rings. The summed E-state index contributed by atoms with van der Waals surface area (Å²) in [5, 5.41) is 9.29. The number of ether oxygens (including phenoxy) is 1. The summed E-state index contributed by atoms with van der Waals surface area (Å²) in [6.07, 6.45) is 0.913. The highest BCUT2D eigenvalue weighted by Gasteiger charge is 2.59. The fourth-order valence-corrected chi connectivity index (χ4v) is 3.46. The van der Waals surface area contributed by atoms with Gasteiger partial charge in [-0.25, -0.2) is 8.78 Å². The van der Waals surface area contributed by atoms with Crippen LogP contribution in [0.15, 0.2) is 12.1 Å². The van der Waals surface area contributed by atoms with E-state index in [9.17, 15) is 18.7 Å². The number of benzene rings is 1. The van der Waals surface area contributed by atoms with Crippen molar-refractivity contribution in [2.24, 2.45) is 11.3 Å². The quantitative estimate of drug-likeness (QED) is 0.766. The van der Waals surface area contributed by atoms with Crippen molar-refractivity contribution in [2.75, 3.05) is 6.61 Å². The number of carboxylic acids is 1. The summed E-state index contributed by atoms with van der Waals surface area (Å²) in [6, 6.07) is 2.27. The predicted molar refractivity (Wildman–Crippen MR) is 96.0 cm³/mol. The van der Waals surface area contributed by atoms with Crippen molar-refractivity contribution >= 4 is 18.6 Å². The van der Waals surface area contributed by atoms with Crippen molar-refractivity contribution in [3.63, 3.8) is 0 Å². The third-order valence-electron chi connectivity index (χ3n) is 6.26. The maximum atomic E-state index is 14.5. The number of rotatable bonds is 6.